The number of hydrogen-bond donors (Lipinski definition) is 0. The van der Waals surface area contributed by atoms with Crippen LogP contribution in [0.15, 0.2) is 30.3 Å². The van der Waals surface area contributed by atoms with Crippen LogP contribution in [0.1, 0.15) is 58.3 Å². The minimum atomic E-state index is -0.171. The van der Waals surface area contributed by atoms with E-state index in [-0.39, 0.29) is 27.2 Å². The van der Waals surface area contributed by atoms with Gasteiger partial charge in [-0.3, -0.25) is 4.79 Å². The molecule has 0 aromatic heterocycles. The maximum absolute atomic E-state index is 10.6. The molecule has 3 heteroatoms. The van der Waals surface area contributed by atoms with Crippen LogP contribution < -0.4 is 21.2 Å². The first-order chi connectivity index (χ1) is 10.8. The molecule has 0 fully saturated rings. The molecule has 1 aromatic rings. The molecule has 0 heterocycles. The fourth-order valence-electron chi connectivity index (χ4n) is 2.03. The van der Waals surface area contributed by atoms with Gasteiger partial charge in [0.1, 0.15) is 0 Å². The van der Waals surface area contributed by atoms with Gasteiger partial charge in [-0.1, -0.05) is 50.3 Å². The van der Waals surface area contributed by atoms with Crippen LogP contribution in [-0.2, 0) is 9.53 Å². The number of hydrogen-bond acceptors (Lipinski definition) is 2. The highest BCUT2D eigenvalue weighted by atomic mass is 127. The van der Waals surface area contributed by atoms with Crippen molar-refractivity contribution in [1.82, 2.24) is 0 Å². The van der Waals surface area contributed by atoms with Crippen molar-refractivity contribution < 1.29 is 30.7 Å². The van der Waals surface area contributed by atoms with Gasteiger partial charge in [0.15, 0.2) is 3.93 Å². The Morgan fingerprint density at radius 1 is 1.00 bits per heavy atom. The third-order valence-corrected chi connectivity index (χ3v) is 5.20. The molecular formula is C19H26IO2+. The number of carbonyl (C=O) groups is 1. The van der Waals surface area contributed by atoms with E-state index >= 15 is 0 Å². The summed E-state index contributed by atoms with van der Waals surface area (Å²) in [6, 6.07) is 10.6. The minimum absolute atomic E-state index is 0.113. The van der Waals surface area contributed by atoms with Crippen molar-refractivity contribution in [3.8, 4) is 9.85 Å². The molecule has 0 saturated carbocycles. The third-order valence-electron chi connectivity index (χ3n) is 3.21. The highest BCUT2D eigenvalue weighted by molar-refractivity contribution is 5.65. The van der Waals surface area contributed by atoms with E-state index in [0.29, 0.717) is 6.61 Å². The Bertz CT molecular complexity index is 459. The quantitative estimate of drug-likeness (QED) is 0.252. The smallest absolute Gasteiger partial charge is 0.419 e. The van der Waals surface area contributed by atoms with Crippen LogP contribution in [0, 0.1) is 13.4 Å². The SMILES string of the molecule is CC(=O)OCCCCCCCCCC#C[I+]c1ccccc1. The van der Waals surface area contributed by atoms with Crippen LogP contribution in [-0.4, -0.2) is 12.6 Å². The van der Waals surface area contributed by atoms with E-state index in [0.717, 1.165) is 19.3 Å². The van der Waals surface area contributed by atoms with Crippen molar-refractivity contribution in [1.29, 1.82) is 0 Å². The number of rotatable bonds is 10. The van der Waals surface area contributed by atoms with Gasteiger partial charge in [0, 0.05) is 13.3 Å². The molecule has 2 nitrogen and oxygen atoms in total. The molecule has 0 amide bonds. The van der Waals surface area contributed by atoms with E-state index < -0.39 is 0 Å². The van der Waals surface area contributed by atoms with E-state index in [1.54, 1.807) is 0 Å². The highest BCUT2D eigenvalue weighted by Crippen LogP contribution is 2.08. The molecule has 0 atom stereocenters. The number of esters is 1. The Balaban J connectivity index is 1.85. The Kier molecular flexibility index (Phi) is 11.8. The molecular weight excluding hydrogens is 387 g/mol. The lowest BCUT2D eigenvalue weighted by Crippen LogP contribution is -3.59. The maximum Gasteiger partial charge on any atom is 0.419 e. The van der Waals surface area contributed by atoms with Gasteiger partial charge in [-0.25, -0.2) is 0 Å². The van der Waals surface area contributed by atoms with Gasteiger partial charge in [-0.2, -0.15) is 0 Å². The summed E-state index contributed by atoms with van der Waals surface area (Å²) in [6.07, 6.45) is 9.52. The Hall–Kier alpha value is -1.02. The second-order valence-electron chi connectivity index (χ2n) is 5.23. The largest absolute Gasteiger partial charge is 0.466 e. The Labute approximate surface area is 145 Å². The summed E-state index contributed by atoms with van der Waals surface area (Å²) in [4.78, 5) is 10.6. The van der Waals surface area contributed by atoms with Gasteiger partial charge >= 0.3 is 27.2 Å². The lowest BCUT2D eigenvalue weighted by Gasteiger charge is -2.02. The van der Waals surface area contributed by atoms with Crippen molar-refractivity contribution >= 4 is 5.97 Å². The molecule has 1 rings (SSSR count). The molecule has 1 aromatic carbocycles. The molecule has 0 saturated heterocycles. The number of carbonyl (C=O) groups excluding carboxylic acids is 1. The van der Waals surface area contributed by atoms with Crippen molar-refractivity contribution in [2.24, 2.45) is 0 Å². The molecule has 0 aliphatic rings. The van der Waals surface area contributed by atoms with Crippen LogP contribution in [0.5, 0.6) is 0 Å². The van der Waals surface area contributed by atoms with Crippen molar-refractivity contribution in [2.75, 3.05) is 6.61 Å². The fraction of sp³-hybridized carbons (Fsp3) is 0.526. The van der Waals surface area contributed by atoms with Crippen molar-refractivity contribution in [3.05, 3.63) is 33.9 Å². The first-order valence-electron chi connectivity index (χ1n) is 8.09. The average molecular weight is 413 g/mol. The average Bonchev–Trinajstić information content (AvgIpc) is 2.52. The van der Waals surface area contributed by atoms with E-state index in [9.17, 15) is 4.79 Å². The first kappa shape index (κ1) is 19.0. The Morgan fingerprint density at radius 3 is 2.32 bits per heavy atom. The molecule has 0 N–H and O–H groups in total. The summed E-state index contributed by atoms with van der Waals surface area (Å²) >= 11 is -0.113. The zero-order chi connectivity index (χ0) is 15.9. The Morgan fingerprint density at radius 2 is 1.64 bits per heavy atom. The zero-order valence-corrected chi connectivity index (χ0v) is 15.6. The van der Waals surface area contributed by atoms with Crippen LogP contribution in [0.4, 0.5) is 0 Å². The number of halogens is 1. The second kappa shape index (κ2) is 13.6. The number of unbranched alkanes of at least 4 members (excludes halogenated alkanes) is 7. The molecule has 0 unspecified atom stereocenters. The molecule has 0 aliphatic heterocycles. The first-order valence-corrected chi connectivity index (χ1v) is 10.2. The lowest BCUT2D eigenvalue weighted by atomic mass is 10.1. The topological polar surface area (TPSA) is 26.3 Å². The molecule has 0 spiro atoms. The van der Waals surface area contributed by atoms with Gasteiger partial charge in [0.2, 0.25) is 3.57 Å². The van der Waals surface area contributed by atoms with E-state index in [1.165, 1.54) is 42.6 Å². The van der Waals surface area contributed by atoms with Crippen LogP contribution in [0.2, 0.25) is 0 Å². The van der Waals surface area contributed by atoms with Gasteiger partial charge in [-0.05, 0) is 30.9 Å². The highest BCUT2D eigenvalue weighted by Gasteiger charge is 2.05. The predicted molar refractivity (Wildman–Crippen MR) is 86.5 cm³/mol. The summed E-state index contributed by atoms with van der Waals surface area (Å²) < 4.78 is 9.66. The predicted octanol–water partition coefficient (Wildman–Crippen LogP) is 1.59. The summed E-state index contributed by atoms with van der Waals surface area (Å²) in [5, 5.41) is 0. The van der Waals surface area contributed by atoms with Crippen molar-refractivity contribution in [3.63, 3.8) is 0 Å². The van der Waals surface area contributed by atoms with Crippen LogP contribution in [0.25, 0.3) is 0 Å². The van der Waals surface area contributed by atoms with Crippen LogP contribution >= 0.6 is 0 Å². The standard InChI is InChI=1S/C19H26IO2/c1-18(21)22-17-13-8-6-4-2-3-5-7-12-16-20-19-14-10-9-11-15-19/h9-11,14-15H,2-8,13,17H2,1H3/q+1. The summed E-state index contributed by atoms with van der Waals surface area (Å²) in [6.45, 7) is 2.04. The van der Waals surface area contributed by atoms with Gasteiger partial charge in [-0.15, -0.1) is 0 Å². The normalized spacial score (nSPS) is 9.86. The van der Waals surface area contributed by atoms with Gasteiger partial charge in [0.05, 0.1) is 6.61 Å². The van der Waals surface area contributed by atoms with E-state index in [2.05, 4.69) is 40.2 Å². The third kappa shape index (κ3) is 11.6. The summed E-state index contributed by atoms with van der Waals surface area (Å²) in [5.74, 6) is 3.14. The molecule has 120 valence electrons. The van der Waals surface area contributed by atoms with Gasteiger partial charge in [0.25, 0.3) is 0 Å². The van der Waals surface area contributed by atoms with E-state index in [4.69, 9.17) is 4.74 Å². The summed E-state index contributed by atoms with van der Waals surface area (Å²) in [7, 11) is 0. The van der Waals surface area contributed by atoms with E-state index in [1.807, 2.05) is 0 Å². The number of benzene rings is 1. The minimum Gasteiger partial charge on any atom is -0.466 e. The molecule has 0 bridgehead atoms. The molecule has 0 aliphatic carbocycles. The lowest BCUT2D eigenvalue weighted by molar-refractivity contribution is -0.535. The molecule has 0 radical (unpaired) electrons. The maximum atomic E-state index is 10.6. The fourth-order valence-corrected chi connectivity index (χ4v) is 3.57. The summed E-state index contributed by atoms with van der Waals surface area (Å²) in [5.41, 5.74) is 0. The van der Waals surface area contributed by atoms with Gasteiger partial charge < -0.3 is 4.74 Å². The number of ether oxygens (including phenoxy) is 1. The van der Waals surface area contributed by atoms with Crippen molar-refractivity contribution in [2.45, 2.75) is 58.3 Å². The van der Waals surface area contributed by atoms with Crippen LogP contribution in [0.3, 0.4) is 0 Å². The zero-order valence-electron chi connectivity index (χ0n) is 13.4. The molecule has 22 heavy (non-hydrogen) atoms. The second-order valence-corrected chi connectivity index (χ2v) is 7.55. The monoisotopic (exact) mass is 413 g/mol.